The van der Waals surface area contributed by atoms with Crippen molar-refractivity contribution >= 4 is 29.1 Å². The Kier molecular flexibility index (Phi) is 4.76. The predicted octanol–water partition coefficient (Wildman–Crippen LogP) is 1.10. The van der Waals surface area contributed by atoms with Crippen molar-refractivity contribution in [2.45, 2.75) is 6.42 Å². The van der Waals surface area contributed by atoms with E-state index in [0.717, 1.165) is 6.54 Å². The quantitative estimate of drug-likeness (QED) is 0.869. The number of carbonyl (C=O) groups is 2. The van der Waals surface area contributed by atoms with Crippen LogP contribution in [0.3, 0.4) is 0 Å². The van der Waals surface area contributed by atoms with E-state index >= 15 is 0 Å². The average molecular weight is 282 g/mol. The third-order valence-electron chi connectivity index (χ3n) is 2.88. The Bertz CT molecular complexity index is 479. The maximum Gasteiger partial charge on any atom is 0.234 e. The highest BCUT2D eigenvalue weighted by atomic mass is 35.5. The van der Waals surface area contributed by atoms with Crippen molar-refractivity contribution in [3.8, 4) is 0 Å². The molecule has 5 nitrogen and oxygen atoms in total. The molecule has 0 saturated carbocycles. The molecule has 2 amide bonds. The summed E-state index contributed by atoms with van der Waals surface area (Å²) >= 11 is 5.84. The molecule has 0 aromatic heterocycles. The predicted molar refractivity (Wildman–Crippen MR) is 74.1 cm³/mol. The van der Waals surface area contributed by atoms with Gasteiger partial charge in [0, 0.05) is 36.8 Å². The van der Waals surface area contributed by atoms with Crippen LogP contribution in [0.5, 0.6) is 0 Å². The van der Waals surface area contributed by atoms with E-state index in [1.807, 2.05) is 4.90 Å². The smallest absolute Gasteiger partial charge is 0.234 e. The summed E-state index contributed by atoms with van der Waals surface area (Å²) in [6.45, 7) is 2.38. The first-order valence-electron chi connectivity index (χ1n) is 6.18. The van der Waals surface area contributed by atoms with Gasteiger partial charge in [0.2, 0.25) is 11.8 Å². The molecule has 0 unspecified atom stereocenters. The molecular formula is C13H16ClN3O2. The number of amides is 2. The number of benzene rings is 1. The second-order valence-electron chi connectivity index (χ2n) is 4.43. The van der Waals surface area contributed by atoms with Gasteiger partial charge < -0.3 is 10.6 Å². The van der Waals surface area contributed by atoms with Gasteiger partial charge >= 0.3 is 0 Å². The van der Waals surface area contributed by atoms with E-state index in [-0.39, 0.29) is 11.8 Å². The van der Waals surface area contributed by atoms with Crippen molar-refractivity contribution in [2.24, 2.45) is 0 Å². The largest absolute Gasteiger partial charge is 0.354 e. The molecule has 2 rings (SSSR count). The number of nitrogens with zero attached hydrogens (tertiary/aromatic N) is 1. The Hall–Kier alpha value is -1.59. The Morgan fingerprint density at radius 1 is 1.47 bits per heavy atom. The first kappa shape index (κ1) is 13.8. The van der Waals surface area contributed by atoms with Gasteiger partial charge in [0.25, 0.3) is 0 Å². The fraction of sp³-hybridized carbons (Fsp3) is 0.385. The second kappa shape index (κ2) is 6.54. The minimum absolute atomic E-state index is 0.0153. The van der Waals surface area contributed by atoms with Crippen molar-refractivity contribution in [3.05, 3.63) is 29.3 Å². The van der Waals surface area contributed by atoms with Gasteiger partial charge in [-0.05, 0) is 18.2 Å². The molecule has 1 aliphatic rings. The number of rotatable bonds is 4. The molecule has 0 spiro atoms. The molecule has 6 heteroatoms. The number of hydrogen-bond acceptors (Lipinski definition) is 3. The van der Waals surface area contributed by atoms with Gasteiger partial charge in [-0.2, -0.15) is 0 Å². The summed E-state index contributed by atoms with van der Waals surface area (Å²) in [6.07, 6.45) is 0.361. The summed E-state index contributed by atoms with van der Waals surface area (Å²) in [4.78, 5) is 24.9. The van der Waals surface area contributed by atoms with E-state index in [1.54, 1.807) is 24.3 Å². The number of hydrogen-bond donors (Lipinski definition) is 2. The van der Waals surface area contributed by atoms with Gasteiger partial charge in [-0.15, -0.1) is 0 Å². The van der Waals surface area contributed by atoms with Gasteiger partial charge in [-0.1, -0.05) is 17.7 Å². The molecule has 0 aliphatic carbocycles. The summed E-state index contributed by atoms with van der Waals surface area (Å²) in [5, 5.41) is 6.12. The van der Waals surface area contributed by atoms with Crippen LogP contribution in [-0.2, 0) is 9.59 Å². The molecular weight excluding hydrogens is 266 g/mol. The van der Waals surface area contributed by atoms with Crippen LogP contribution >= 0.6 is 11.6 Å². The highest BCUT2D eigenvalue weighted by molar-refractivity contribution is 6.30. The maximum absolute atomic E-state index is 11.8. The minimum Gasteiger partial charge on any atom is -0.354 e. The first-order valence-corrected chi connectivity index (χ1v) is 6.56. The van der Waals surface area contributed by atoms with Gasteiger partial charge in [0.15, 0.2) is 0 Å². The van der Waals surface area contributed by atoms with Gasteiger partial charge in [0.1, 0.15) is 0 Å². The second-order valence-corrected chi connectivity index (χ2v) is 4.87. The number of nitrogens with one attached hydrogen (secondary N) is 2. The third kappa shape index (κ3) is 4.54. The molecule has 1 fully saturated rings. The highest BCUT2D eigenvalue weighted by Gasteiger charge is 2.16. The first-order chi connectivity index (χ1) is 9.13. The van der Waals surface area contributed by atoms with E-state index in [4.69, 9.17) is 11.6 Å². The van der Waals surface area contributed by atoms with E-state index < -0.39 is 0 Å². The molecule has 2 N–H and O–H groups in total. The molecule has 1 heterocycles. The normalized spacial score (nSPS) is 15.9. The van der Waals surface area contributed by atoms with E-state index in [0.29, 0.717) is 36.8 Å². The topological polar surface area (TPSA) is 61.4 Å². The lowest BCUT2D eigenvalue weighted by atomic mass is 10.3. The molecule has 0 atom stereocenters. The number of piperazine rings is 1. The molecule has 1 aromatic carbocycles. The summed E-state index contributed by atoms with van der Waals surface area (Å²) < 4.78 is 0. The lowest BCUT2D eigenvalue weighted by Gasteiger charge is -2.25. The van der Waals surface area contributed by atoms with Crippen molar-refractivity contribution in [2.75, 3.05) is 31.5 Å². The van der Waals surface area contributed by atoms with Crippen LogP contribution < -0.4 is 10.6 Å². The van der Waals surface area contributed by atoms with Crippen LogP contribution in [0.25, 0.3) is 0 Å². The minimum atomic E-state index is -0.0757. The zero-order chi connectivity index (χ0) is 13.7. The van der Waals surface area contributed by atoms with Crippen LogP contribution in [0.4, 0.5) is 5.69 Å². The van der Waals surface area contributed by atoms with Crippen LogP contribution in [0.2, 0.25) is 5.02 Å². The van der Waals surface area contributed by atoms with Crippen molar-refractivity contribution < 1.29 is 9.59 Å². The van der Waals surface area contributed by atoms with E-state index in [9.17, 15) is 9.59 Å². The molecule has 0 bridgehead atoms. The number of carbonyl (C=O) groups excluding carboxylic acids is 2. The fourth-order valence-electron chi connectivity index (χ4n) is 1.93. The van der Waals surface area contributed by atoms with Crippen LogP contribution in [-0.4, -0.2) is 42.9 Å². The number of halogens is 1. The number of anilines is 1. The molecule has 1 saturated heterocycles. The summed E-state index contributed by atoms with van der Waals surface area (Å²) in [5.74, 6) is -0.0604. The lowest BCUT2D eigenvalue weighted by Crippen LogP contribution is -2.48. The van der Waals surface area contributed by atoms with E-state index in [1.165, 1.54) is 0 Å². The summed E-state index contributed by atoms with van der Waals surface area (Å²) in [5.41, 5.74) is 0.689. The van der Waals surface area contributed by atoms with Gasteiger partial charge in [-0.25, -0.2) is 0 Å². The summed E-state index contributed by atoms with van der Waals surface area (Å²) in [7, 11) is 0. The maximum atomic E-state index is 11.8. The molecule has 102 valence electrons. The molecule has 19 heavy (non-hydrogen) atoms. The van der Waals surface area contributed by atoms with Gasteiger partial charge in [-0.3, -0.25) is 14.5 Å². The Morgan fingerprint density at radius 2 is 2.32 bits per heavy atom. The Balaban J connectivity index is 1.77. The van der Waals surface area contributed by atoms with Crippen LogP contribution in [0.15, 0.2) is 24.3 Å². The van der Waals surface area contributed by atoms with Crippen LogP contribution in [0, 0.1) is 0 Å². The zero-order valence-corrected chi connectivity index (χ0v) is 11.2. The monoisotopic (exact) mass is 281 g/mol. The SMILES string of the molecule is O=C1CN(CCC(=O)Nc2cccc(Cl)c2)CCN1. The van der Waals surface area contributed by atoms with Crippen molar-refractivity contribution in [1.82, 2.24) is 10.2 Å². The zero-order valence-electron chi connectivity index (χ0n) is 10.5. The molecule has 1 aliphatic heterocycles. The Labute approximate surface area is 116 Å². The molecule has 1 aromatic rings. The third-order valence-corrected chi connectivity index (χ3v) is 3.12. The summed E-state index contributed by atoms with van der Waals surface area (Å²) in [6, 6.07) is 7.03. The lowest BCUT2D eigenvalue weighted by molar-refractivity contribution is -0.125. The standard InChI is InChI=1S/C13H16ClN3O2/c14-10-2-1-3-11(8-10)16-12(18)4-6-17-7-5-15-13(19)9-17/h1-3,8H,4-7,9H2,(H,15,19)(H,16,18). The fourth-order valence-corrected chi connectivity index (χ4v) is 2.12. The average Bonchev–Trinajstić information content (AvgIpc) is 2.36. The Morgan fingerprint density at radius 3 is 3.05 bits per heavy atom. The van der Waals surface area contributed by atoms with Crippen LogP contribution in [0.1, 0.15) is 6.42 Å². The van der Waals surface area contributed by atoms with Crippen molar-refractivity contribution in [3.63, 3.8) is 0 Å². The highest BCUT2D eigenvalue weighted by Crippen LogP contribution is 2.15. The van der Waals surface area contributed by atoms with Crippen molar-refractivity contribution in [1.29, 1.82) is 0 Å². The van der Waals surface area contributed by atoms with E-state index in [2.05, 4.69) is 10.6 Å². The molecule has 0 radical (unpaired) electrons. The van der Waals surface area contributed by atoms with Gasteiger partial charge in [0.05, 0.1) is 6.54 Å².